The van der Waals surface area contributed by atoms with Crippen LogP contribution < -0.4 is 10.6 Å². The van der Waals surface area contributed by atoms with E-state index < -0.39 is 0 Å². The molecule has 2 heterocycles. The molecule has 0 saturated carbocycles. The highest BCUT2D eigenvalue weighted by atomic mass is 127. The number of imidazole rings is 1. The van der Waals surface area contributed by atoms with Gasteiger partial charge in [0.05, 0.1) is 6.54 Å². The SMILES string of the molecule is CCNC(=NCc1nccn1CC(C)C)NCc1ncc(C)s1.I. The van der Waals surface area contributed by atoms with Crippen LogP contribution in [-0.4, -0.2) is 27.0 Å². The van der Waals surface area contributed by atoms with Crippen molar-refractivity contribution in [1.29, 1.82) is 0 Å². The molecule has 2 aromatic rings. The van der Waals surface area contributed by atoms with E-state index >= 15 is 0 Å². The molecule has 0 amide bonds. The number of thiazole rings is 1. The summed E-state index contributed by atoms with van der Waals surface area (Å²) < 4.78 is 2.17. The Morgan fingerprint density at radius 1 is 1.33 bits per heavy atom. The van der Waals surface area contributed by atoms with Gasteiger partial charge in [0.2, 0.25) is 0 Å². The van der Waals surface area contributed by atoms with Gasteiger partial charge in [-0.2, -0.15) is 0 Å². The van der Waals surface area contributed by atoms with Crippen molar-refractivity contribution in [2.24, 2.45) is 10.9 Å². The number of hydrogen-bond donors (Lipinski definition) is 2. The van der Waals surface area contributed by atoms with Gasteiger partial charge >= 0.3 is 0 Å². The van der Waals surface area contributed by atoms with E-state index in [0.29, 0.717) is 19.0 Å². The molecule has 0 radical (unpaired) electrons. The molecule has 0 atom stereocenters. The molecule has 0 aliphatic carbocycles. The molecule has 134 valence electrons. The predicted molar refractivity (Wildman–Crippen MR) is 111 cm³/mol. The van der Waals surface area contributed by atoms with Crippen LogP contribution in [0.1, 0.15) is 36.5 Å². The van der Waals surface area contributed by atoms with Crippen LogP contribution in [0.5, 0.6) is 0 Å². The van der Waals surface area contributed by atoms with Crippen molar-refractivity contribution in [3.63, 3.8) is 0 Å². The van der Waals surface area contributed by atoms with Crippen LogP contribution in [0.2, 0.25) is 0 Å². The molecule has 0 aromatic carbocycles. The van der Waals surface area contributed by atoms with E-state index in [1.165, 1.54) is 4.88 Å². The summed E-state index contributed by atoms with van der Waals surface area (Å²) in [5.41, 5.74) is 0. The average molecular weight is 462 g/mol. The van der Waals surface area contributed by atoms with Crippen LogP contribution in [-0.2, 0) is 19.6 Å². The van der Waals surface area contributed by atoms with E-state index in [-0.39, 0.29) is 24.0 Å². The molecular weight excluding hydrogens is 435 g/mol. The van der Waals surface area contributed by atoms with Crippen molar-refractivity contribution in [2.75, 3.05) is 6.54 Å². The van der Waals surface area contributed by atoms with E-state index in [4.69, 9.17) is 0 Å². The maximum absolute atomic E-state index is 4.63. The lowest BCUT2D eigenvalue weighted by molar-refractivity contribution is 0.507. The van der Waals surface area contributed by atoms with Gasteiger partial charge < -0.3 is 15.2 Å². The minimum atomic E-state index is 0. The molecule has 0 aliphatic rings. The van der Waals surface area contributed by atoms with Crippen molar-refractivity contribution >= 4 is 41.3 Å². The summed E-state index contributed by atoms with van der Waals surface area (Å²) in [6, 6.07) is 0. The minimum Gasteiger partial charge on any atom is -0.357 e. The number of nitrogens with zero attached hydrogens (tertiary/aromatic N) is 4. The number of aryl methyl sites for hydroxylation is 1. The topological polar surface area (TPSA) is 67.1 Å². The normalized spacial score (nSPS) is 11.5. The Kier molecular flexibility index (Phi) is 9.27. The van der Waals surface area contributed by atoms with Gasteiger partial charge in [0, 0.05) is 36.6 Å². The van der Waals surface area contributed by atoms with Gasteiger partial charge in [-0.1, -0.05) is 13.8 Å². The molecule has 2 rings (SSSR count). The molecule has 0 unspecified atom stereocenters. The Balaban J connectivity index is 0.00000288. The summed E-state index contributed by atoms with van der Waals surface area (Å²) in [7, 11) is 0. The van der Waals surface area contributed by atoms with E-state index in [1.807, 2.05) is 18.6 Å². The van der Waals surface area contributed by atoms with Crippen LogP contribution in [0.3, 0.4) is 0 Å². The van der Waals surface area contributed by atoms with Crippen LogP contribution >= 0.6 is 35.3 Å². The number of aromatic nitrogens is 3. The molecule has 0 saturated heterocycles. The van der Waals surface area contributed by atoms with Gasteiger partial charge in [-0.05, 0) is 19.8 Å². The Labute approximate surface area is 165 Å². The van der Waals surface area contributed by atoms with Gasteiger partial charge in [-0.15, -0.1) is 35.3 Å². The number of nitrogens with one attached hydrogen (secondary N) is 2. The number of rotatable bonds is 7. The van der Waals surface area contributed by atoms with Crippen molar-refractivity contribution in [3.05, 3.63) is 34.3 Å². The smallest absolute Gasteiger partial charge is 0.192 e. The first-order valence-corrected chi connectivity index (χ1v) is 8.83. The summed E-state index contributed by atoms with van der Waals surface area (Å²) in [6.07, 6.45) is 5.75. The molecule has 0 aliphatic heterocycles. The molecule has 6 nitrogen and oxygen atoms in total. The van der Waals surface area contributed by atoms with E-state index in [0.717, 1.165) is 29.9 Å². The molecule has 0 fully saturated rings. The fourth-order valence-electron chi connectivity index (χ4n) is 2.19. The van der Waals surface area contributed by atoms with E-state index in [2.05, 4.69) is 57.9 Å². The highest BCUT2D eigenvalue weighted by Crippen LogP contribution is 2.10. The standard InChI is InChI=1S/C16H26N6S.HI/c1-5-17-16(21-10-15-19-8-13(4)23-15)20-9-14-18-6-7-22(14)11-12(2)3;/h6-8,12H,5,9-11H2,1-4H3,(H2,17,20,21);1H. The van der Waals surface area contributed by atoms with Crippen LogP contribution in [0, 0.1) is 12.8 Å². The van der Waals surface area contributed by atoms with E-state index in [9.17, 15) is 0 Å². The second-order valence-corrected chi connectivity index (χ2v) is 7.12. The first kappa shape index (κ1) is 20.9. The van der Waals surface area contributed by atoms with Gasteiger partial charge in [-0.3, -0.25) is 0 Å². The largest absolute Gasteiger partial charge is 0.357 e. The molecular formula is C16H27IN6S. The first-order chi connectivity index (χ1) is 11.1. The second-order valence-electron chi connectivity index (χ2n) is 5.80. The lowest BCUT2D eigenvalue weighted by atomic mass is 10.2. The Bertz CT molecular complexity index is 634. The third-order valence-corrected chi connectivity index (χ3v) is 4.08. The summed E-state index contributed by atoms with van der Waals surface area (Å²) in [4.78, 5) is 14.6. The predicted octanol–water partition coefficient (Wildman–Crippen LogP) is 3.18. The fourth-order valence-corrected chi connectivity index (χ4v) is 2.91. The third-order valence-electron chi connectivity index (χ3n) is 3.16. The average Bonchev–Trinajstić information content (AvgIpc) is 3.10. The monoisotopic (exact) mass is 462 g/mol. The summed E-state index contributed by atoms with van der Waals surface area (Å²) >= 11 is 1.70. The van der Waals surface area contributed by atoms with Crippen LogP contribution in [0.15, 0.2) is 23.6 Å². The van der Waals surface area contributed by atoms with Crippen LogP contribution in [0.25, 0.3) is 0 Å². The highest BCUT2D eigenvalue weighted by molar-refractivity contribution is 14.0. The lowest BCUT2D eigenvalue weighted by Crippen LogP contribution is -2.36. The Morgan fingerprint density at radius 2 is 2.12 bits per heavy atom. The maximum atomic E-state index is 4.63. The number of hydrogen-bond acceptors (Lipinski definition) is 4. The molecule has 8 heteroatoms. The quantitative estimate of drug-likeness (QED) is 0.377. The summed E-state index contributed by atoms with van der Waals surface area (Å²) in [5.74, 6) is 2.37. The number of halogens is 1. The van der Waals surface area contributed by atoms with Gasteiger partial charge in [0.1, 0.15) is 17.4 Å². The Morgan fingerprint density at radius 3 is 2.75 bits per heavy atom. The van der Waals surface area contributed by atoms with Crippen LogP contribution in [0.4, 0.5) is 0 Å². The second kappa shape index (κ2) is 10.7. The summed E-state index contributed by atoms with van der Waals surface area (Å²) in [6.45, 7) is 11.6. The van der Waals surface area contributed by atoms with Crippen molar-refractivity contribution in [3.8, 4) is 0 Å². The lowest BCUT2D eigenvalue weighted by Gasteiger charge is -2.11. The fraction of sp³-hybridized carbons (Fsp3) is 0.562. The third kappa shape index (κ3) is 6.76. The number of guanidine groups is 1. The minimum absolute atomic E-state index is 0. The molecule has 0 bridgehead atoms. The first-order valence-electron chi connectivity index (χ1n) is 8.02. The number of aliphatic imine (C=N–C) groups is 1. The van der Waals surface area contributed by atoms with Crippen molar-refractivity contribution in [2.45, 2.75) is 47.3 Å². The van der Waals surface area contributed by atoms with Crippen molar-refractivity contribution < 1.29 is 0 Å². The summed E-state index contributed by atoms with van der Waals surface area (Å²) in [5, 5.41) is 7.65. The zero-order chi connectivity index (χ0) is 16.7. The van der Waals surface area contributed by atoms with E-state index in [1.54, 1.807) is 11.3 Å². The Hall–Kier alpha value is -1.16. The maximum Gasteiger partial charge on any atom is 0.192 e. The molecule has 2 aromatic heterocycles. The molecule has 2 N–H and O–H groups in total. The van der Waals surface area contributed by atoms with Gasteiger partial charge in [-0.25, -0.2) is 15.0 Å². The highest BCUT2D eigenvalue weighted by Gasteiger charge is 2.06. The van der Waals surface area contributed by atoms with Gasteiger partial charge in [0.15, 0.2) is 5.96 Å². The zero-order valence-corrected chi connectivity index (χ0v) is 17.9. The molecule has 0 spiro atoms. The molecule has 24 heavy (non-hydrogen) atoms. The van der Waals surface area contributed by atoms with Crippen molar-refractivity contribution in [1.82, 2.24) is 25.2 Å². The zero-order valence-electron chi connectivity index (χ0n) is 14.7. The van der Waals surface area contributed by atoms with Gasteiger partial charge in [0.25, 0.3) is 0 Å².